The topological polar surface area (TPSA) is 25.4 Å². The van der Waals surface area contributed by atoms with E-state index in [0.717, 1.165) is 24.7 Å². The molecule has 3 rings (SSSR count). The Bertz CT molecular complexity index is 769. The van der Waals surface area contributed by atoms with E-state index in [2.05, 4.69) is 59.3 Å². The monoisotopic (exact) mass is 318 g/mol. The fourth-order valence-corrected chi connectivity index (χ4v) is 2.77. The Kier molecular flexibility index (Phi) is 5.12. The predicted octanol–water partition coefficient (Wildman–Crippen LogP) is 4.61. The Hall–Kier alpha value is -2.81. The van der Waals surface area contributed by atoms with Crippen LogP contribution in [0.3, 0.4) is 0 Å². The van der Waals surface area contributed by atoms with Crippen molar-refractivity contribution in [2.24, 2.45) is 0 Å². The normalized spacial score (nSPS) is 10.4. The van der Waals surface area contributed by atoms with Gasteiger partial charge in [0.1, 0.15) is 11.6 Å². The lowest BCUT2D eigenvalue weighted by Gasteiger charge is -2.25. The van der Waals surface area contributed by atoms with Crippen molar-refractivity contribution in [3.63, 3.8) is 0 Å². The number of hydrogen-bond acceptors (Lipinski definition) is 3. The molecule has 24 heavy (non-hydrogen) atoms. The smallest absolute Gasteiger partial charge is 0.132 e. The molecule has 0 amide bonds. The third-order valence-corrected chi connectivity index (χ3v) is 4.03. The molecule has 0 aliphatic heterocycles. The quantitative estimate of drug-likeness (QED) is 0.664. The predicted molar refractivity (Wildman–Crippen MR) is 98.3 cm³/mol. The molecule has 0 spiro atoms. The van der Waals surface area contributed by atoms with E-state index in [9.17, 15) is 0 Å². The van der Waals surface area contributed by atoms with E-state index in [-0.39, 0.29) is 0 Å². The number of hydrogen-bond donors (Lipinski definition) is 0. The standard InChI is InChI=1S/C21H22N2O/c1-17-7-6-14-22-21(17)23(15-18-8-4-3-5-9-18)16-19-10-12-20(24-2)13-11-19/h3-14H,15-16H2,1-2H3. The van der Waals surface area contributed by atoms with Crippen molar-refractivity contribution in [3.8, 4) is 5.75 Å². The number of benzene rings is 2. The molecular weight excluding hydrogens is 296 g/mol. The van der Waals surface area contributed by atoms with Gasteiger partial charge in [-0.3, -0.25) is 0 Å². The van der Waals surface area contributed by atoms with Crippen LogP contribution >= 0.6 is 0 Å². The zero-order chi connectivity index (χ0) is 16.8. The molecule has 122 valence electrons. The van der Waals surface area contributed by atoms with Crippen molar-refractivity contribution in [1.29, 1.82) is 0 Å². The summed E-state index contributed by atoms with van der Waals surface area (Å²) in [5.74, 6) is 1.90. The molecule has 0 unspecified atom stereocenters. The second-order valence-corrected chi connectivity index (χ2v) is 5.83. The summed E-state index contributed by atoms with van der Waals surface area (Å²) in [6.45, 7) is 3.73. The minimum atomic E-state index is 0.802. The van der Waals surface area contributed by atoms with Gasteiger partial charge >= 0.3 is 0 Å². The van der Waals surface area contributed by atoms with Gasteiger partial charge in [-0.1, -0.05) is 48.5 Å². The van der Waals surface area contributed by atoms with Gasteiger partial charge < -0.3 is 9.64 Å². The Labute approximate surface area is 143 Å². The SMILES string of the molecule is COc1ccc(CN(Cc2ccccc2)c2ncccc2C)cc1. The van der Waals surface area contributed by atoms with E-state index >= 15 is 0 Å². The van der Waals surface area contributed by atoms with Gasteiger partial charge in [-0.05, 0) is 41.8 Å². The van der Waals surface area contributed by atoms with E-state index in [1.54, 1.807) is 7.11 Å². The summed E-state index contributed by atoms with van der Waals surface area (Å²) in [6, 6.07) is 22.8. The highest BCUT2D eigenvalue weighted by Crippen LogP contribution is 2.22. The number of nitrogens with zero attached hydrogens (tertiary/aromatic N) is 2. The zero-order valence-electron chi connectivity index (χ0n) is 14.1. The van der Waals surface area contributed by atoms with Crippen molar-refractivity contribution >= 4 is 5.82 Å². The maximum absolute atomic E-state index is 5.25. The summed E-state index contributed by atoms with van der Waals surface area (Å²) >= 11 is 0. The van der Waals surface area contributed by atoms with Gasteiger partial charge in [-0.25, -0.2) is 4.98 Å². The molecule has 1 heterocycles. The Balaban J connectivity index is 1.87. The van der Waals surface area contributed by atoms with Gasteiger partial charge in [-0.15, -0.1) is 0 Å². The van der Waals surface area contributed by atoms with Crippen LogP contribution in [0.5, 0.6) is 5.75 Å². The van der Waals surface area contributed by atoms with Crippen LogP contribution in [0, 0.1) is 6.92 Å². The van der Waals surface area contributed by atoms with Gasteiger partial charge in [0.25, 0.3) is 0 Å². The molecule has 3 heteroatoms. The van der Waals surface area contributed by atoms with Crippen molar-refractivity contribution < 1.29 is 4.74 Å². The number of aryl methyl sites for hydroxylation is 1. The van der Waals surface area contributed by atoms with Crippen LogP contribution in [-0.2, 0) is 13.1 Å². The van der Waals surface area contributed by atoms with E-state index in [1.807, 2.05) is 30.5 Å². The van der Waals surface area contributed by atoms with Crippen LogP contribution in [0.2, 0.25) is 0 Å². The van der Waals surface area contributed by atoms with Crippen LogP contribution in [-0.4, -0.2) is 12.1 Å². The number of anilines is 1. The molecule has 0 saturated heterocycles. The summed E-state index contributed by atoms with van der Waals surface area (Å²) in [5.41, 5.74) is 3.69. The third kappa shape index (κ3) is 3.93. The van der Waals surface area contributed by atoms with Crippen LogP contribution in [0.1, 0.15) is 16.7 Å². The highest BCUT2D eigenvalue weighted by Gasteiger charge is 2.12. The van der Waals surface area contributed by atoms with Crippen molar-refractivity contribution in [3.05, 3.63) is 89.6 Å². The van der Waals surface area contributed by atoms with Crippen LogP contribution in [0.4, 0.5) is 5.82 Å². The van der Waals surface area contributed by atoms with Crippen LogP contribution in [0.15, 0.2) is 72.9 Å². The number of rotatable bonds is 6. The van der Waals surface area contributed by atoms with Gasteiger partial charge in [0.15, 0.2) is 0 Å². The number of aromatic nitrogens is 1. The first-order valence-electron chi connectivity index (χ1n) is 8.09. The van der Waals surface area contributed by atoms with E-state index in [4.69, 9.17) is 4.74 Å². The molecule has 0 atom stereocenters. The molecule has 0 saturated carbocycles. The van der Waals surface area contributed by atoms with Gasteiger partial charge in [0.2, 0.25) is 0 Å². The average Bonchev–Trinajstić information content (AvgIpc) is 2.63. The van der Waals surface area contributed by atoms with Crippen LogP contribution < -0.4 is 9.64 Å². The lowest BCUT2D eigenvalue weighted by molar-refractivity contribution is 0.414. The molecule has 2 aromatic carbocycles. The third-order valence-electron chi connectivity index (χ3n) is 4.03. The first kappa shape index (κ1) is 16.1. The fraction of sp³-hybridized carbons (Fsp3) is 0.190. The molecule has 3 nitrogen and oxygen atoms in total. The molecule has 1 aromatic heterocycles. The molecule has 0 aliphatic rings. The first-order chi connectivity index (χ1) is 11.8. The van der Waals surface area contributed by atoms with Crippen molar-refractivity contribution in [2.75, 3.05) is 12.0 Å². The fourth-order valence-electron chi connectivity index (χ4n) is 2.77. The number of pyridine rings is 1. The summed E-state index contributed by atoms with van der Waals surface area (Å²) in [4.78, 5) is 6.92. The number of ether oxygens (including phenoxy) is 1. The van der Waals surface area contributed by atoms with E-state index < -0.39 is 0 Å². The second-order valence-electron chi connectivity index (χ2n) is 5.83. The molecule has 3 aromatic rings. The number of methoxy groups -OCH3 is 1. The first-order valence-corrected chi connectivity index (χ1v) is 8.09. The Morgan fingerprint density at radius 3 is 2.12 bits per heavy atom. The minimum Gasteiger partial charge on any atom is -0.497 e. The van der Waals surface area contributed by atoms with Crippen molar-refractivity contribution in [1.82, 2.24) is 4.98 Å². The largest absolute Gasteiger partial charge is 0.497 e. The summed E-state index contributed by atoms with van der Waals surface area (Å²) < 4.78 is 5.25. The summed E-state index contributed by atoms with van der Waals surface area (Å²) in [6.07, 6.45) is 1.86. The molecule has 0 aliphatic carbocycles. The second kappa shape index (κ2) is 7.64. The Morgan fingerprint density at radius 1 is 0.833 bits per heavy atom. The van der Waals surface area contributed by atoms with Crippen molar-refractivity contribution in [2.45, 2.75) is 20.0 Å². The minimum absolute atomic E-state index is 0.802. The van der Waals surface area contributed by atoms with Crippen LogP contribution in [0.25, 0.3) is 0 Å². The molecular formula is C21H22N2O. The maximum atomic E-state index is 5.25. The molecule has 0 bridgehead atoms. The molecule has 0 radical (unpaired) electrons. The average molecular weight is 318 g/mol. The highest BCUT2D eigenvalue weighted by molar-refractivity contribution is 5.47. The molecule has 0 fully saturated rings. The highest BCUT2D eigenvalue weighted by atomic mass is 16.5. The Morgan fingerprint density at radius 2 is 1.50 bits per heavy atom. The maximum Gasteiger partial charge on any atom is 0.132 e. The lowest BCUT2D eigenvalue weighted by Crippen LogP contribution is -2.24. The van der Waals surface area contributed by atoms with E-state index in [1.165, 1.54) is 16.7 Å². The summed E-state index contributed by atoms with van der Waals surface area (Å²) in [5, 5.41) is 0. The zero-order valence-corrected chi connectivity index (χ0v) is 14.1. The summed E-state index contributed by atoms with van der Waals surface area (Å²) in [7, 11) is 1.69. The van der Waals surface area contributed by atoms with Gasteiger partial charge in [-0.2, -0.15) is 0 Å². The molecule has 0 N–H and O–H groups in total. The van der Waals surface area contributed by atoms with Gasteiger partial charge in [0, 0.05) is 19.3 Å². The van der Waals surface area contributed by atoms with Gasteiger partial charge in [0.05, 0.1) is 7.11 Å². The van der Waals surface area contributed by atoms with E-state index in [0.29, 0.717) is 0 Å². The lowest BCUT2D eigenvalue weighted by atomic mass is 10.1.